The van der Waals surface area contributed by atoms with Crippen molar-refractivity contribution in [2.75, 3.05) is 36.5 Å². The van der Waals surface area contributed by atoms with Gasteiger partial charge in [0, 0.05) is 17.8 Å². The Bertz CT molecular complexity index is 999. The average molecular weight is 395 g/mol. The largest absolute Gasteiger partial charge is 0.442 e. The lowest BCUT2D eigenvalue weighted by molar-refractivity contribution is 0.0443. The quantitative estimate of drug-likeness (QED) is 0.676. The zero-order valence-corrected chi connectivity index (χ0v) is 16.0. The number of ether oxygens (including phenoxy) is 2. The van der Waals surface area contributed by atoms with Crippen LogP contribution in [-0.2, 0) is 9.47 Å². The Hall–Kier alpha value is -3.39. The normalized spacial score (nSPS) is 17.0. The first-order valence-electron chi connectivity index (χ1n) is 9.35. The zero-order chi connectivity index (χ0) is 20.2. The summed E-state index contributed by atoms with van der Waals surface area (Å²) in [6.45, 7) is 3.20. The maximum absolute atomic E-state index is 12.3. The van der Waals surface area contributed by atoms with Crippen LogP contribution in [0.4, 0.5) is 16.5 Å². The number of carbonyl (C=O) groups is 2. The van der Waals surface area contributed by atoms with Crippen LogP contribution in [0.1, 0.15) is 17.3 Å². The fourth-order valence-electron chi connectivity index (χ4n) is 3.13. The molecule has 2 heterocycles. The van der Waals surface area contributed by atoms with E-state index in [1.165, 1.54) is 6.92 Å². The Morgan fingerprint density at radius 3 is 2.90 bits per heavy atom. The first-order valence-corrected chi connectivity index (χ1v) is 9.35. The second kappa shape index (κ2) is 8.32. The number of Topliss-reactive ketones (excluding diaryl/α,β-unsaturated/α-hetero) is 1. The standard InChI is InChI=1S/C21H21N3O5/c1-14(25)15-5-4-6-16(11-15)22-21(26)28-17-12-24(9-10-27-13-17)20-23-18-7-2-3-8-19(18)29-20/h2-8,11,17H,9-10,12-13H2,1H3,(H,22,26)/t17-/m1/s1. The number of benzene rings is 2. The number of nitrogens with one attached hydrogen (secondary N) is 1. The van der Waals surface area contributed by atoms with E-state index in [0.29, 0.717) is 42.5 Å². The molecule has 150 valence electrons. The van der Waals surface area contributed by atoms with Gasteiger partial charge in [-0.3, -0.25) is 10.1 Å². The second-order valence-corrected chi connectivity index (χ2v) is 6.77. The van der Waals surface area contributed by atoms with Gasteiger partial charge < -0.3 is 18.8 Å². The zero-order valence-electron chi connectivity index (χ0n) is 16.0. The van der Waals surface area contributed by atoms with Crippen LogP contribution in [0.3, 0.4) is 0 Å². The number of amides is 1. The second-order valence-electron chi connectivity index (χ2n) is 6.77. The number of para-hydroxylation sites is 2. The van der Waals surface area contributed by atoms with Crippen molar-refractivity contribution < 1.29 is 23.5 Å². The summed E-state index contributed by atoms with van der Waals surface area (Å²) in [4.78, 5) is 30.2. The van der Waals surface area contributed by atoms with Crippen LogP contribution in [0.25, 0.3) is 11.1 Å². The number of fused-ring (bicyclic) bond motifs is 1. The monoisotopic (exact) mass is 395 g/mol. The van der Waals surface area contributed by atoms with Crippen LogP contribution < -0.4 is 10.2 Å². The number of hydrogen-bond donors (Lipinski definition) is 1. The number of ketones is 1. The first kappa shape index (κ1) is 18.9. The first-order chi connectivity index (χ1) is 14.1. The number of carbonyl (C=O) groups excluding carboxylic acids is 2. The topological polar surface area (TPSA) is 93.9 Å². The van der Waals surface area contributed by atoms with E-state index in [0.717, 1.165) is 5.52 Å². The average Bonchev–Trinajstić information content (AvgIpc) is 3.01. The third-order valence-electron chi connectivity index (χ3n) is 4.58. The molecule has 4 rings (SSSR count). The van der Waals surface area contributed by atoms with Gasteiger partial charge in [-0.1, -0.05) is 24.3 Å². The highest BCUT2D eigenvalue weighted by Crippen LogP contribution is 2.23. The summed E-state index contributed by atoms with van der Waals surface area (Å²) in [5.41, 5.74) is 2.48. The third-order valence-corrected chi connectivity index (χ3v) is 4.58. The SMILES string of the molecule is CC(=O)c1cccc(NC(=O)O[C@H]2COCCN(c3nc4ccccc4o3)C2)c1. The number of hydrogen-bond acceptors (Lipinski definition) is 7. The summed E-state index contributed by atoms with van der Waals surface area (Å²) in [6.07, 6.45) is -1.11. The molecule has 1 aliphatic heterocycles. The van der Waals surface area contributed by atoms with Crippen molar-refractivity contribution in [1.82, 2.24) is 4.98 Å². The van der Waals surface area contributed by atoms with Crippen LogP contribution in [0, 0.1) is 0 Å². The molecule has 1 amide bonds. The number of rotatable bonds is 4. The molecule has 2 aromatic carbocycles. The van der Waals surface area contributed by atoms with Crippen molar-refractivity contribution in [3.8, 4) is 0 Å². The molecule has 0 bridgehead atoms. The minimum atomic E-state index is -0.612. The molecular formula is C21H21N3O5. The van der Waals surface area contributed by atoms with Crippen molar-refractivity contribution >= 4 is 34.7 Å². The van der Waals surface area contributed by atoms with Gasteiger partial charge in [-0.2, -0.15) is 4.98 Å². The molecular weight excluding hydrogens is 374 g/mol. The molecule has 0 saturated carbocycles. The van der Waals surface area contributed by atoms with E-state index in [-0.39, 0.29) is 12.4 Å². The van der Waals surface area contributed by atoms with Crippen molar-refractivity contribution in [3.63, 3.8) is 0 Å². The Morgan fingerprint density at radius 1 is 1.21 bits per heavy atom. The van der Waals surface area contributed by atoms with Crippen molar-refractivity contribution in [2.45, 2.75) is 13.0 Å². The summed E-state index contributed by atoms with van der Waals surface area (Å²) in [6, 6.07) is 14.7. The summed E-state index contributed by atoms with van der Waals surface area (Å²) in [5, 5.41) is 2.65. The molecule has 29 heavy (non-hydrogen) atoms. The fourth-order valence-corrected chi connectivity index (χ4v) is 3.13. The van der Waals surface area contributed by atoms with E-state index in [1.54, 1.807) is 24.3 Å². The molecule has 0 spiro atoms. The lowest BCUT2D eigenvalue weighted by Gasteiger charge is -2.22. The van der Waals surface area contributed by atoms with Crippen molar-refractivity contribution in [1.29, 1.82) is 0 Å². The van der Waals surface area contributed by atoms with E-state index >= 15 is 0 Å². The lowest BCUT2D eigenvalue weighted by Crippen LogP contribution is -2.36. The van der Waals surface area contributed by atoms with E-state index < -0.39 is 12.2 Å². The summed E-state index contributed by atoms with van der Waals surface area (Å²) < 4.78 is 16.9. The number of aromatic nitrogens is 1. The van der Waals surface area contributed by atoms with E-state index in [4.69, 9.17) is 13.9 Å². The Kier molecular flexibility index (Phi) is 5.44. The molecule has 0 radical (unpaired) electrons. The lowest BCUT2D eigenvalue weighted by atomic mass is 10.1. The summed E-state index contributed by atoms with van der Waals surface area (Å²) in [5.74, 6) is -0.0758. The summed E-state index contributed by atoms with van der Waals surface area (Å²) >= 11 is 0. The highest BCUT2D eigenvalue weighted by molar-refractivity contribution is 5.96. The Balaban J connectivity index is 1.42. The molecule has 0 aliphatic carbocycles. The predicted octanol–water partition coefficient (Wildman–Crippen LogP) is 3.48. The number of anilines is 2. The van der Waals surface area contributed by atoms with Gasteiger partial charge in [0.1, 0.15) is 11.6 Å². The van der Waals surface area contributed by atoms with Gasteiger partial charge >= 0.3 is 6.09 Å². The molecule has 1 saturated heterocycles. The number of nitrogens with zero attached hydrogens (tertiary/aromatic N) is 2. The van der Waals surface area contributed by atoms with Gasteiger partial charge in [-0.15, -0.1) is 0 Å². The van der Waals surface area contributed by atoms with E-state index in [9.17, 15) is 9.59 Å². The maximum atomic E-state index is 12.3. The molecule has 3 aromatic rings. The molecule has 1 fully saturated rings. The fraction of sp³-hybridized carbons (Fsp3) is 0.286. The van der Waals surface area contributed by atoms with Gasteiger partial charge in [-0.25, -0.2) is 4.79 Å². The van der Waals surface area contributed by atoms with Gasteiger partial charge in [0.05, 0.1) is 19.8 Å². The third kappa shape index (κ3) is 4.55. The Morgan fingerprint density at radius 2 is 2.07 bits per heavy atom. The molecule has 0 unspecified atom stereocenters. The van der Waals surface area contributed by atoms with Gasteiger partial charge in [-0.05, 0) is 31.2 Å². The van der Waals surface area contributed by atoms with Crippen LogP contribution in [0.5, 0.6) is 0 Å². The minimum absolute atomic E-state index is 0.0758. The van der Waals surface area contributed by atoms with E-state index in [2.05, 4.69) is 10.3 Å². The highest BCUT2D eigenvalue weighted by atomic mass is 16.6. The van der Waals surface area contributed by atoms with Crippen molar-refractivity contribution in [2.24, 2.45) is 0 Å². The van der Waals surface area contributed by atoms with Gasteiger partial charge in [0.15, 0.2) is 11.4 Å². The smallest absolute Gasteiger partial charge is 0.412 e. The van der Waals surface area contributed by atoms with Crippen LogP contribution in [0.15, 0.2) is 52.9 Å². The van der Waals surface area contributed by atoms with Crippen LogP contribution in [-0.4, -0.2) is 49.3 Å². The Labute approximate surface area is 167 Å². The number of oxazole rings is 1. The van der Waals surface area contributed by atoms with Gasteiger partial charge in [0.25, 0.3) is 6.01 Å². The maximum Gasteiger partial charge on any atom is 0.412 e. The van der Waals surface area contributed by atoms with Crippen molar-refractivity contribution in [3.05, 3.63) is 54.1 Å². The highest BCUT2D eigenvalue weighted by Gasteiger charge is 2.25. The molecule has 1 aliphatic rings. The summed E-state index contributed by atoms with van der Waals surface area (Å²) in [7, 11) is 0. The molecule has 1 aromatic heterocycles. The van der Waals surface area contributed by atoms with E-state index in [1.807, 2.05) is 29.2 Å². The van der Waals surface area contributed by atoms with Crippen LogP contribution >= 0.6 is 0 Å². The molecule has 8 heteroatoms. The molecule has 1 atom stereocenters. The van der Waals surface area contributed by atoms with Gasteiger partial charge in [0.2, 0.25) is 0 Å². The minimum Gasteiger partial charge on any atom is -0.442 e. The molecule has 8 nitrogen and oxygen atoms in total. The van der Waals surface area contributed by atoms with Crippen LogP contribution in [0.2, 0.25) is 0 Å². The molecule has 1 N–H and O–H groups in total. The predicted molar refractivity (Wildman–Crippen MR) is 107 cm³/mol.